The Labute approximate surface area is 158 Å². The summed E-state index contributed by atoms with van der Waals surface area (Å²) in [4.78, 5) is 22.8. The molecule has 2 aliphatic heterocycles. The van der Waals surface area contributed by atoms with Crippen molar-refractivity contribution in [2.75, 3.05) is 13.7 Å². The number of aromatic carboxylic acids is 1. The number of ether oxygens (including phenoxy) is 2. The van der Waals surface area contributed by atoms with E-state index in [1.807, 2.05) is 25.3 Å². The maximum Gasteiger partial charge on any atom is 0.430 e. The van der Waals surface area contributed by atoms with Crippen LogP contribution in [0.15, 0.2) is 29.4 Å². The van der Waals surface area contributed by atoms with E-state index in [9.17, 15) is 9.59 Å². The van der Waals surface area contributed by atoms with E-state index in [0.29, 0.717) is 6.61 Å². The van der Waals surface area contributed by atoms with E-state index in [-0.39, 0.29) is 29.6 Å². The summed E-state index contributed by atoms with van der Waals surface area (Å²) in [5, 5.41) is 14.5. The quantitative estimate of drug-likeness (QED) is 0.585. The number of carbonyl (C=O) groups excluding carboxylic acids is 1. The maximum atomic E-state index is 11.8. The number of carboxylic acid groups (broad SMARTS) is 1. The summed E-state index contributed by atoms with van der Waals surface area (Å²) in [6.45, 7) is 2.32. The molecule has 2 bridgehead atoms. The van der Waals surface area contributed by atoms with Crippen LogP contribution in [-0.2, 0) is 15.9 Å². The van der Waals surface area contributed by atoms with Crippen LogP contribution in [0.5, 0.6) is 0 Å². The number of hydrogen-bond acceptors (Lipinski definition) is 5. The van der Waals surface area contributed by atoms with Gasteiger partial charge in [-0.2, -0.15) is 5.10 Å². The monoisotopic (exact) mass is 374 g/mol. The van der Waals surface area contributed by atoms with E-state index >= 15 is 0 Å². The van der Waals surface area contributed by atoms with Crippen molar-refractivity contribution >= 4 is 18.3 Å². The molecule has 1 amide bonds. The first-order valence-electron chi connectivity index (χ1n) is 9.42. The van der Waals surface area contributed by atoms with Crippen molar-refractivity contribution in [1.29, 1.82) is 0 Å². The van der Waals surface area contributed by atoms with E-state index in [1.165, 1.54) is 5.01 Å². The number of hydrazone groups is 1. The number of amides is 1. The van der Waals surface area contributed by atoms with Crippen molar-refractivity contribution in [2.45, 2.75) is 44.8 Å². The van der Waals surface area contributed by atoms with Gasteiger partial charge in [-0.1, -0.05) is 19.1 Å². The number of hydrogen-bond donors (Lipinski definition) is 1. The van der Waals surface area contributed by atoms with Crippen LogP contribution < -0.4 is 0 Å². The Balaban J connectivity index is 1.66. The minimum atomic E-state index is -0.923. The number of nitrogens with zero attached hydrogens (tertiary/aromatic N) is 2. The van der Waals surface area contributed by atoms with Crippen molar-refractivity contribution in [2.24, 2.45) is 16.9 Å². The topological polar surface area (TPSA) is 88.4 Å². The molecule has 1 aromatic carbocycles. The zero-order valence-corrected chi connectivity index (χ0v) is 15.7. The zero-order valence-electron chi connectivity index (χ0n) is 15.7. The zero-order chi connectivity index (χ0) is 19.4. The van der Waals surface area contributed by atoms with Crippen LogP contribution in [0.3, 0.4) is 0 Å². The third kappa shape index (κ3) is 4.47. The molecule has 0 unspecified atom stereocenters. The minimum Gasteiger partial charge on any atom is -0.478 e. The molecule has 0 saturated carbocycles. The molecule has 7 heteroatoms. The molecule has 1 aromatic rings. The molecule has 2 saturated heterocycles. The fourth-order valence-electron chi connectivity index (χ4n) is 3.85. The van der Waals surface area contributed by atoms with Gasteiger partial charge >= 0.3 is 12.1 Å². The van der Waals surface area contributed by atoms with E-state index in [0.717, 1.165) is 31.2 Å². The molecule has 0 aliphatic carbocycles. The molecule has 7 nitrogen and oxygen atoms in total. The van der Waals surface area contributed by atoms with Crippen molar-refractivity contribution in [3.8, 4) is 0 Å². The van der Waals surface area contributed by atoms with Crippen molar-refractivity contribution in [3.05, 3.63) is 35.4 Å². The van der Waals surface area contributed by atoms with Crippen LogP contribution in [0.1, 0.15) is 42.1 Å². The summed E-state index contributed by atoms with van der Waals surface area (Å²) in [6.07, 6.45) is 5.26. The van der Waals surface area contributed by atoms with Crippen molar-refractivity contribution < 1.29 is 24.2 Å². The van der Waals surface area contributed by atoms with E-state index in [2.05, 4.69) is 5.10 Å². The van der Waals surface area contributed by atoms with Gasteiger partial charge in [0.2, 0.25) is 0 Å². The van der Waals surface area contributed by atoms with Crippen molar-refractivity contribution in [3.63, 3.8) is 0 Å². The van der Waals surface area contributed by atoms with Gasteiger partial charge in [0.25, 0.3) is 0 Å². The number of benzene rings is 1. The van der Waals surface area contributed by atoms with Gasteiger partial charge in [0.1, 0.15) is 0 Å². The lowest BCUT2D eigenvalue weighted by atomic mass is 9.77. The third-order valence-corrected chi connectivity index (χ3v) is 5.26. The Morgan fingerprint density at radius 2 is 2.00 bits per heavy atom. The molecule has 0 radical (unpaired) electrons. The molecule has 27 heavy (non-hydrogen) atoms. The summed E-state index contributed by atoms with van der Waals surface area (Å²) in [5.41, 5.74) is 1.36. The summed E-state index contributed by atoms with van der Waals surface area (Å²) in [7, 11) is 1.59. The molecule has 4 atom stereocenters. The Morgan fingerprint density at radius 1 is 1.30 bits per heavy atom. The highest BCUT2D eigenvalue weighted by molar-refractivity contribution is 5.87. The third-order valence-electron chi connectivity index (χ3n) is 5.26. The molecular weight excluding hydrogens is 348 g/mol. The molecular formula is C20H26N2O5. The predicted molar refractivity (Wildman–Crippen MR) is 99.9 cm³/mol. The van der Waals surface area contributed by atoms with Gasteiger partial charge in [-0.25, -0.2) is 14.6 Å². The molecule has 2 heterocycles. The van der Waals surface area contributed by atoms with Crippen LogP contribution in [-0.4, -0.2) is 54.3 Å². The average molecular weight is 374 g/mol. The highest BCUT2D eigenvalue weighted by Crippen LogP contribution is 2.44. The molecule has 2 aliphatic rings. The second-order valence-electron chi connectivity index (χ2n) is 7.14. The lowest BCUT2D eigenvalue weighted by Gasteiger charge is -2.25. The fraction of sp³-hybridized carbons (Fsp3) is 0.550. The largest absolute Gasteiger partial charge is 0.478 e. The summed E-state index contributed by atoms with van der Waals surface area (Å²) in [6, 6.07) is 6.98. The van der Waals surface area contributed by atoms with Gasteiger partial charge in [-0.15, -0.1) is 0 Å². The van der Waals surface area contributed by atoms with Crippen LogP contribution >= 0.6 is 0 Å². The Kier molecular flexibility index (Phi) is 6.11. The molecule has 2 fully saturated rings. The SMILES string of the molecule is CCCOC(=O)N(C)N=C[C@@H]1[C@H](Cc2ccc(C(=O)O)cc2)[C@@H]2CC[C@H]1O2. The smallest absolute Gasteiger partial charge is 0.430 e. The highest BCUT2D eigenvalue weighted by atomic mass is 16.6. The lowest BCUT2D eigenvalue weighted by molar-refractivity contribution is 0.0696. The Bertz CT molecular complexity index is 703. The standard InChI is InChI=1S/C20H26N2O5/c1-3-10-26-20(25)22(2)21-12-16-15(17-8-9-18(16)27-17)11-13-4-6-14(7-5-13)19(23)24/h4-7,12,15-18H,3,8-11H2,1-2H3,(H,23,24)/t15-,16+,17-,18+/m0/s1. The fourth-order valence-corrected chi connectivity index (χ4v) is 3.85. The van der Waals surface area contributed by atoms with Gasteiger partial charge in [-0.05, 0) is 49.3 Å². The highest BCUT2D eigenvalue weighted by Gasteiger charge is 2.48. The molecule has 0 aromatic heterocycles. The minimum absolute atomic E-state index is 0.127. The van der Waals surface area contributed by atoms with Gasteiger partial charge in [0.15, 0.2) is 0 Å². The van der Waals surface area contributed by atoms with Crippen LogP contribution in [0.4, 0.5) is 4.79 Å². The summed E-state index contributed by atoms with van der Waals surface area (Å²) >= 11 is 0. The summed E-state index contributed by atoms with van der Waals surface area (Å²) < 4.78 is 11.1. The first kappa shape index (κ1) is 19.4. The second kappa shape index (κ2) is 8.52. The van der Waals surface area contributed by atoms with Gasteiger partial charge in [0, 0.05) is 19.2 Å². The number of carboxylic acids is 1. The Hall–Kier alpha value is -2.41. The normalized spacial score (nSPS) is 26.4. The average Bonchev–Trinajstić information content (AvgIpc) is 3.26. The first-order chi connectivity index (χ1) is 13.0. The number of carbonyl (C=O) groups is 2. The van der Waals surface area contributed by atoms with E-state index < -0.39 is 12.1 Å². The van der Waals surface area contributed by atoms with Gasteiger partial charge in [-0.3, -0.25) is 0 Å². The first-order valence-corrected chi connectivity index (χ1v) is 9.42. The van der Waals surface area contributed by atoms with E-state index in [1.54, 1.807) is 19.2 Å². The number of rotatable bonds is 7. The van der Waals surface area contributed by atoms with Gasteiger partial charge < -0.3 is 14.6 Å². The molecule has 1 N–H and O–H groups in total. The lowest BCUT2D eigenvalue weighted by Crippen LogP contribution is -2.31. The molecule has 3 rings (SSSR count). The summed E-state index contributed by atoms with van der Waals surface area (Å²) in [5.74, 6) is -0.527. The Morgan fingerprint density at radius 3 is 2.67 bits per heavy atom. The van der Waals surface area contributed by atoms with Crippen molar-refractivity contribution in [1.82, 2.24) is 5.01 Å². The molecule has 146 valence electrons. The second-order valence-corrected chi connectivity index (χ2v) is 7.14. The predicted octanol–water partition coefficient (Wildman–Crippen LogP) is 3.19. The maximum absolute atomic E-state index is 11.8. The van der Waals surface area contributed by atoms with Crippen LogP contribution in [0.25, 0.3) is 0 Å². The van der Waals surface area contributed by atoms with Gasteiger partial charge in [0.05, 0.1) is 24.4 Å². The number of fused-ring (bicyclic) bond motifs is 2. The van der Waals surface area contributed by atoms with Crippen LogP contribution in [0, 0.1) is 11.8 Å². The molecule has 0 spiro atoms. The van der Waals surface area contributed by atoms with Crippen LogP contribution in [0.2, 0.25) is 0 Å². The van der Waals surface area contributed by atoms with E-state index in [4.69, 9.17) is 14.6 Å².